The average molecular weight is 325 g/mol. The van der Waals surface area contributed by atoms with Gasteiger partial charge in [0.1, 0.15) is 0 Å². The smallest absolute Gasteiger partial charge is 0.418 e. The van der Waals surface area contributed by atoms with E-state index < -0.39 is 17.7 Å². The Labute approximate surface area is 130 Å². The van der Waals surface area contributed by atoms with Crippen molar-refractivity contribution < 1.29 is 22.7 Å². The van der Waals surface area contributed by atoms with Crippen molar-refractivity contribution in [2.45, 2.75) is 12.7 Å². The number of hydrogen-bond donors (Lipinski definition) is 2. The van der Waals surface area contributed by atoms with Crippen LogP contribution in [-0.2, 0) is 17.5 Å². The predicted molar refractivity (Wildman–Crippen MR) is 78.2 cm³/mol. The van der Waals surface area contributed by atoms with E-state index in [1.165, 1.54) is 18.3 Å². The lowest BCUT2D eigenvalue weighted by molar-refractivity contribution is -0.136. The Balaban J connectivity index is 2.38. The van der Waals surface area contributed by atoms with Crippen LogP contribution in [0.2, 0.25) is 0 Å². The number of halogens is 3. The molecule has 0 saturated carbocycles. The van der Waals surface area contributed by atoms with Gasteiger partial charge in [0, 0.05) is 6.54 Å². The number of ether oxygens (including phenoxy) is 1. The number of alkyl halides is 3. The number of rotatable bonds is 4. The summed E-state index contributed by atoms with van der Waals surface area (Å²) in [6, 6.07) is 6.36. The van der Waals surface area contributed by atoms with Crippen molar-refractivity contribution in [2.75, 3.05) is 12.4 Å². The van der Waals surface area contributed by atoms with E-state index in [2.05, 4.69) is 15.0 Å². The number of esters is 1. The van der Waals surface area contributed by atoms with Crippen molar-refractivity contribution in [3.05, 3.63) is 53.3 Å². The molecular formula is C15H14F3N3O2. The van der Waals surface area contributed by atoms with E-state index in [1.54, 1.807) is 12.1 Å². The SMILES string of the molecule is COC(=O)c1ccc(Nc2ccc(CN)nc2)c(C(F)(F)F)c1. The third kappa shape index (κ3) is 3.98. The molecule has 0 unspecified atom stereocenters. The fourth-order valence-electron chi connectivity index (χ4n) is 1.91. The lowest BCUT2D eigenvalue weighted by Crippen LogP contribution is -2.12. The minimum atomic E-state index is -4.63. The van der Waals surface area contributed by atoms with E-state index >= 15 is 0 Å². The molecule has 0 saturated heterocycles. The van der Waals surface area contributed by atoms with Gasteiger partial charge in [0.15, 0.2) is 0 Å². The summed E-state index contributed by atoms with van der Waals surface area (Å²) in [6.07, 6.45) is -3.24. The molecule has 2 aromatic rings. The van der Waals surface area contributed by atoms with Crippen LogP contribution in [0, 0.1) is 0 Å². The maximum Gasteiger partial charge on any atom is 0.418 e. The van der Waals surface area contributed by atoms with Gasteiger partial charge in [-0.1, -0.05) is 0 Å². The number of nitrogens with two attached hydrogens (primary N) is 1. The molecule has 0 amide bonds. The first kappa shape index (κ1) is 16.8. The van der Waals surface area contributed by atoms with Gasteiger partial charge in [-0.05, 0) is 30.3 Å². The molecule has 0 aliphatic carbocycles. The molecule has 0 aliphatic heterocycles. The second kappa shape index (κ2) is 6.66. The summed E-state index contributed by atoms with van der Waals surface area (Å²) < 4.78 is 44.0. The molecule has 0 radical (unpaired) electrons. The van der Waals surface area contributed by atoms with Gasteiger partial charge in [-0.15, -0.1) is 0 Å². The first-order valence-electron chi connectivity index (χ1n) is 6.56. The Morgan fingerprint density at radius 3 is 2.57 bits per heavy atom. The molecule has 8 heteroatoms. The molecule has 0 spiro atoms. The third-order valence-electron chi connectivity index (χ3n) is 3.06. The number of hydrogen-bond acceptors (Lipinski definition) is 5. The summed E-state index contributed by atoms with van der Waals surface area (Å²) in [4.78, 5) is 15.4. The van der Waals surface area contributed by atoms with Crippen molar-refractivity contribution in [3.63, 3.8) is 0 Å². The van der Waals surface area contributed by atoms with Crippen molar-refractivity contribution in [1.29, 1.82) is 0 Å². The van der Waals surface area contributed by atoms with Crippen LogP contribution < -0.4 is 11.1 Å². The first-order valence-corrected chi connectivity index (χ1v) is 6.56. The van der Waals surface area contributed by atoms with Gasteiger partial charge in [-0.25, -0.2) is 4.79 Å². The number of carbonyl (C=O) groups excluding carboxylic acids is 1. The molecule has 0 atom stereocenters. The zero-order valence-electron chi connectivity index (χ0n) is 12.1. The highest BCUT2D eigenvalue weighted by molar-refractivity contribution is 5.90. The summed E-state index contributed by atoms with van der Waals surface area (Å²) in [5.41, 5.74) is 5.07. The van der Waals surface area contributed by atoms with E-state index in [0.29, 0.717) is 11.4 Å². The van der Waals surface area contributed by atoms with Gasteiger partial charge in [0.2, 0.25) is 0 Å². The highest BCUT2D eigenvalue weighted by atomic mass is 19.4. The normalized spacial score (nSPS) is 11.2. The summed E-state index contributed by atoms with van der Waals surface area (Å²) in [6.45, 7) is 0.238. The molecule has 23 heavy (non-hydrogen) atoms. The summed E-state index contributed by atoms with van der Waals surface area (Å²) >= 11 is 0. The van der Waals surface area contributed by atoms with Crippen LogP contribution in [0.25, 0.3) is 0 Å². The lowest BCUT2D eigenvalue weighted by atomic mass is 10.1. The van der Waals surface area contributed by atoms with Gasteiger partial charge in [-0.3, -0.25) is 4.98 Å². The maximum atomic E-state index is 13.2. The van der Waals surface area contributed by atoms with Gasteiger partial charge in [0.05, 0.1) is 41.5 Å². The quantitative estimate of drug-likeness (QED) is 0.845. The number of nitrogens with one attached hydrogen (secondary N) is 1. The van der Waals surface area contributed by atoms with E-state index in [4.69, 9.17) is 5.73 Å². The van der Waals surface area contributed by atoms with Crippen LogP contribution >= 0.6 is 0 Å². The number of carbonyl (C=O) groups is 1. The second-order valence-corrected chi connectivity index (χ2v) is 4.62. The standard InChI is InChI=1S/C15H14F3N3O2/c1-23-14(22)9-2-5-13(12(6-9)15(16,17)18)21-11-4-3-10(7-19)20-8-11/h2-6,8,21H,7,19H2,1H3. The average Bonchev–Trinajstić information content (AvgIpc) is 2.54. The van der Waals surface area contributed by atoms with Crippen molar-refractivity contribution in [2.24, 2.45) is 5.73 Å². The molecule has 1 heterocycles. The fourth-order valence-corrected chi connectivity index (χ4v) is 1.91. The monoisotopic (exact) mass is 325 g/mol. The summed E-state index contributed by atoms with van der Waals surface area (Å²) in [5.74, 6) is -0.837. The van der Waals surface area contributed by atoms with Crippen LogP contribution in [0.3, 0.4) is 0 Å². The van der Waals surface area contributed by atoms with Gasteiger partial charge >= 0.3 is 12.1 Å². The minimum Gasteiger partial charge on any atom is -0.465 e. The molecule has 1 aromatic carbocycles. The van der Waals surface area contributed by atoms with Gasteiger partial charge in [0.25, 0.3) is 0 Å². The molecule has 0 fully saturated rings. The zero-order valence-corrected chi connectivity index (χ0v) is 12.1. The number of methoxy groups -OCH3 is 1. The van der Waals surface area contributed by atoms with E-state index in [9.17, 15) is 18.0 Å². The maximum absolute atomic E-state index is 13.2. The number of anilines is 2. The number of benzene rings is 1. The number of pyridine rings is 1. The molecule has 2 rings (SSSR count). The Hall–Kier alpha value is -2.61. The highest BCUT2D eigenvalue weighted by Crippen LogP contribution is 2.36. The predicted octanol–water partition coefficient (Wildman–Crippen LogP) is 3.09. The second-order valence-electron chi connectivity index (χ2n) is 4.62. The van der Waals surface area contributed by atoms with E-state index in [0.717, 1.165) is 13.2 Å². The largest absolute Gasteiger partial charge is 0.465 e. The number of aromatic nitrogens is 1. The minimum absolute atomic E-state index is 0.179. The Kier molecular flexibility index (Phi) is 4.85. The Bertz CT molecular complexity index is 700. The molecule has 122 valence electrons. The molecule has 1 aromatic heterocycles. The topological polar surface area (TPSA) is 77.2 Å². The Morgan fingerprint density at radius 2 is 2.04 bits per heavy atom. The lowest BCUT2D eigenvalue weighted by Gasteiger charge is -2.15. The fraction of sp³-hybridized carbons (Fsp3) is 0.200. The third-order valence-corrected chi connectivity index (χ3v) is 3.06. The van der Waals surface area contributed by atoms with E-state index in [-0.39, 0.29) is 17.8 Å². The van der Waals surface area contributed by atoms with Crippen LogP contribution in [-0.4, -0.2) is 18.1 Å². The van der Waals surface area contributed by atoms with Crippen molar-refractivity contribution >= 4 is 17.3 Å². The molecule has 0 bridgehead atoms. The van der Waals surface area contributed by atoms with Crippen LogP contribution in [0.15, 0.2) is 36.5 Å². The molecule has 0 aliphatic rings. The van der Waals surface area contributed by atoms with Gasteiger partial charge in [-0.2, -0.15) is 13.2 Å². The highest BCUT2D eigenvalue weighted by Gasteiger charge is 2.34. The van der Waals surface area contributed by atoms with Crippen LogP contribution in [0.1, 0.15) is 21.6 Å². The molecular weight excluding hydrogens is 311 g/mol. The molecule has 5 nitrogen and oxygen atoms in total. The van der Waals surface area contributed by atoms with Crippen molar-refractivity contribution in [3.8, 4) is 0 Å². The van der Waals surface area contributed by atoms with E-state index in [1.807, 2.05) is 0 Å². The number of nitrogens with zero attached hydrogens (tertiary/aromatic N) is 1. The summed E-state index contributed by atoms with van der Waals surface area (Å²) in [5, 5.41) is 2.64. The van der Waals surface area contributed by atoms with Crippen molar-refractivity contribution in [1.82, 2.24) is 4.98 Å². The van der Waals surface area contributed by atoms with Gasteiger partial charge < -0.3 is 15.8 Å². The van der Waals surface area contributed by atoms with Crippen LogP contribution in [0.4, 0.5) is 24.5 Å². The first-order chi connectivity index (χ1) is 10.8. The zero-order chi connectivity index (χ0) is 17.0. The van der Waals surface area contributed by atoms with Crippen LogP contribution in [0.5, 0.6) is 0 Å². The Morgan fingerprint density at radius 1 is 1.30 bits per heavy atom. The summed E-state index contributed by atoms with van der Waals surface area (Å²) in [7, 11) is 1.10. The molecule has 3 N–H and O–H groups in total.